The van der Waals surface area contributed by atoms with Gasteiger partial charge in [0.1, 0.15) is 0 Å². The molecule has 0 spiro atoms. The Morgan fingerprint density at radius 2 is 2.06 bits per heavy atom. The van der Waals surface area contributed by atoms with Crippen molar-refractivity contribution in [3.8, 4) is 0 Å². The van der Waals surface area contributed by atoms with Crippen molar-refractivity contribution in [2.24, 2.45) is 0 Å². The average Bonchev–Trinajstić information content (AvgIpc) is 2.35. The van der Waals surface area contributed by atoms with E-state index in [0.717, 1.165) is 12.1 Å². The maximum absolute atomic E-state index is 12.0. The number of benzene rings is 1. The van der Waals surface area contributed by atoms with Crippen molar-refractivity contribution < 1.29 is 8.42 Å². The first-order valence-electron chi connectivity index (χ1n) is 5.75. The monoisotopic (exact) mass is 256 g/mol. The molecule has 0 aliphatic heterocycles. The third kappa shape index (κ3) is 3.63. The molecule has 0 radical (unpaired) electrons. The molecule has 0 fully saturated rings. The fourth-order valence-electron chi connectivity index (χ4n) is 1.48. The molecule has 1 N–H and O–H groups in total. The SMILES string of the molecule is CCCCS(=O)(=O)N(C)c1cccc(NC)c1. The van der Waals surface area contributed by atoms with E-state index in [-0.39, 0.29) is 5.75 Å². The molecule has 5 heteroatoms. The van der Waals surface area contributed by atoms with Gasteiger partial charge in [-0.2, -0.15) is 0 Å². The molecule has 1 rings (SSSR count). The van der Waals surface area contributed by atoms with E-state index in [9.17, 15) is 8.42 Å². The quantitative estimate of drug-likeness (QED) is 0.849. The van der Waals surface area contributed by atoms with Crippen LogP contribution in [0.15, 0.2) is 24.3 Å². The minimum Gasteiger partial charge on any atom is -0.388 e. The number of nitrogens with zero attached hydrogens (tertiary/aromatic N) is 1. The number of anilines is 2. The number of sulfonamides is 1. The summed E-state index contributed by atoms with van der Waals surface area (Å²) in [6.45, 7) is 1.98. The minimum absolute atomic E-state index is 0.198. The first-order valence-corrected chi connectivity index (χ1v) is 7.36. The Morgan fingerprint density at radius 1 is 1.35 bits per heavy atom. The van der Waals surface area contributed by atoms with Gasteiger partial charge in [0.2, 0.25) is 10.0 Å². The smallest absolute Gasteiger partial charge is 0.234 e. The van der Waals surface area contributed by atoms with Crippen LogP contribution in [0.5, 0.6) is 0 Å². The van der Waals surface area contributed by atoms with Crippen molar-refractivity contribution >= 4 is 21.4 Å². The van der Waals surface area contributed by atoms with Gasteiger partial charge in [0.15, 0.2) is 0 Å². The van der Waals surface area contributed by atoms with Gasteiger partial charge < -0.3 is 5.32 Å². The van der Waals surface area contributed by atoms with E-state index in [0.29, 0.717) is 12.1 Å². The molecule has 0 heterocycles. The zero-order valence-electron chi connectivity index (χ0n) is 10.6. The van der Waals surface area contributed by atoms with Gasteiger partial charge in [0, 0.05) is 19.8 Å². The number of hydrogen-bond donors (Lipinski definition) is 1. The van der Waals surface area contributed by atoms with E-state index in [1.54, 1.807) is 13.1 Å². The second kappa shape index (κ2) is 5.91. The van der Waals surface area contributed by atoms with Crippen LogP contribution in [0.3, 0.4) is 0 Å². The Kier molecular flexibility index (Phi) is 4.81. The number of unbranched alkanes of at least 4 members (excludes halogenated alkanes) is 1. The summed E-state index contributed by atoms with van der Waals surface area (Å²) in [5.41, 5.74) is 1.59. The lowest BCUT2D eigenvalue weighted by atomic mass is 10.3. The zero-order valence-corrected chi connectivity index (χ0v) is 11.4. The molecule has 0 aliphatic carbocycles. The van der Waals surface area contributed by atoms with Gasteiger partial charge in [-0.25, -0.2) is 8.42 Å². The molecule has 0 unspecified atom stereocenters. The number of rotatable bonds is 6. The van der Waals surface area contributed by atoms with Gasteiger partial charge in [-0.05, 0) is 24.6 Å². The highest BCUT2D eigenvalue weighted by Crippen LogP contribution is 2.21. The molecule has 0 saturated carbocycles. The van der Waals surface area contributed by atoms with Crippen LogP contribution in [0.4, 0.5) is 11.4 Å². The fourth-order valence-corrected chi connectivity index (χ4v) is 2.84. The van der Waals surface area contributed by atoms with Crippen LogP contribution in [-0.4, -0.2) is 28.3 Å². The summed E-state index contributed by atoms with van der Waals surface area (Å²) < 4.78 is 25.3. The minimum atomic E-state index is -3.19. The summed E-state index contributed by atoms with van der Waals surface area (Å²) in [7, 11) is 0.212. The van der Waals surface area contributed by atoms with Crippen molar-refractivity contribution in [2.75, 3.05) is 29.5 Å². The normalized spacial score (nSPS) is 11.2. The van der Waals surface area contributed by atoms with E-state index in [2.05, 4.69) is 5.32 Å². The molecular weight excluding hydrogens is 236 g/mol. The highest BCUT2D eigenvalue weighted by atomic mass is 32.2. The van der Waals surface area contributed by atoms with Gasteiger partial charge in [-0.1, -0.05) is 19.4 Å². The van der Waals surface area contributed by atoms with Crippen LogP contribution in [0, 0.1) is 0 Å². The lowest BCUT2D eigenvalue weighted by Gasteiger charge is -2.20. The highest BCUT2D eigenvalue weighted by Gasteiger charge is 2.17. The summed E-state index contributed by atoms with van der Waals surface area (Å²) in [5.74, 6) is 0.198. The highest BCUT2D eigenvalue weighted by molar-refractivity contribution is 7.92. The van der Waals surface area contributed by atoms with Gasteiger partial charge in [0.25, 0.3) is 0 Å². The predicted molar refractivity (Wildman–Crippen MR) is 73.1 cm³/mol. The Hall–Kier alpha value is -1.23. The Labute approximate surface area is 104 Å². The number of hydrogen-bond acceptors (Lipinski definition) is 3. The van der Waals surface area contributed by atoms with Crippen LogP contribution in [0.2, 0.25) is 0 Å². The van der Waals surface area contributed by atoms with Gasteiger partial charge >= 0.3 is 0 Å². The molecule has 0 bridgehead atoms. The van der Waals surface area contributed by atoms with Gasteiger partial charge in [0.05, 0.1) is 11.4 Å². The van der Waals surface area contributed by atoms with E-state index < -0.39 is 10.0 Å². The lowest BCUT2D eigenvalue weighted by molar-refractivity contribution is 0.591. The van der Waals surface area contributed by atoms with Crippen LogP contribution in [0.1, 0.15) is 19.8 Å². The molecular formula is C12H20N2O2S. The average molecular weight is 256 g/mol. The first-order chi connectivity index (χ1) is 8.01. The first kappa shape index (κ1) is 13.8. The largest absolute Gasteiger partial charge is 0.388 e. The van der Waals surface area contributed by atoms with Crippen LogP contribution in [-0.2, 0) is 10.0 Å². The molecule has 1 aromatic rings. The van der Waals surface area contributed by atoms with Crippen LogP contribution >= 0.6 is 0 Å². The maximum Gasteiger partial charge on any atom is 0.234 e. The van der Waals surface area contributed by atoms with E-state index in [4.69, 9.17) is 0 Å². The topological polar surface area (TPSA) is 49.4 Å². The van der Waals surface area contributed by atoms with E-state index >= 15 is 0 Å². The Bertz CT molecular complexity index is 457. The third-order valence-corrected chi connectivity index (χ3v) is 4.52. The molecule has 4 nitrogen and oxygen atoms in total. The van der Waals surface area contributed by atoms with Crippen LogP contribution in [0.25, 0.3) is 0 Å². The predicted octanol–water partition coefficient (Wildman–Crippen LogP) is 2.29. The van der Waals surface area contributed by atoms with Gasteiger partial charge in [-0.15, -0.1) is 0 Å². The van der Waals surface area contributed by atoms with Crippen molar-refractivity contribution in [2.45, 2.75) is 19.8 Å². The fraction of sp³-hybridized carbons (Fsp3) is 0.500. The van der Waals surface area contributed by atoms with E-state index in [1.807, 2.05) is 32.2 Å². The molecule has 0 aromatic heterocycles. The van der Waals surface area contributed by atoms with E-state index in [1.165, 1.54) is 4.31 Å². The van der Waals surface area contributed by atoms with Crippen molar-refractivity contribution in [3.63, 3.8) is 0 Å². The van der Waals surface area contributed by atoms with Crippen molar-refractivity contribution in [1.82, 2.24) is 0 Å². The molecule has 1 aromatic carbocycles. The second-order valence-electron chi connectivity index (χ2n) is 3.94. The maximum atomic E-state index is 12.0. The van der Waals surface area contributed by atoms with Crippen LogP contribution < -0.4 is 9.62 Å². The zero-order chi connectivity index (χ0) is 12.9. The standard InChI is InChI=1S/C12H20N2O2S/c1-4-5-9-17(15,16)14(3)12-8-6-7-11(10-12)13-2/h6-8,10,13H,4-5,9H2,1-3H3. The number of nitrogens with one attached hydrogen (secondary N) is 1. The molecule has 0 amide bonds. The molecule has 96 valence electrons. The summed E-state index contributed by atoms with van der Waals surface area (Å²) in [6, 6.07) is 7.36. The lowest BCUT2D eigenvalue weighted by Crippen LogP contribution is -2.28. The molecule has 0 atom stereocenters. The summed E-state index contributed by atoms with van der Waals surface area (Å²) in [4.78, 5) is 0. The summed E-state index contributed by atoms with van der Waals surface area (Å²) in [6.07, 6.45) is 1.57. The summed E-state index contributed by atoms with van der Waals surface area (Å²) in [5, 5.41) is 3.00. The van der Waals surface area contributed by atoms with Crippen molar-refractivity contribution in [1.29, 1.82) is 0 Å². The third-order valence-electron chi connectivity index (χ3n) is 2.67. The second-order valence-corrected chi connectivity index (χ2v) is 6.06. The van der Waals surface area contributed by atoms with Crippen molar-refractivity contribution in [3.05, 3.63) is 24.3 Å². The summed E-state index contributed by atoms with van der Waals surface area (Å²) >= 11 is 0. The Balaban J connectivity index is 2.91. The Morgan fingerprint density at radius 3 is 2.65 bits per heavy atom. The molecule has 0 aliphatic rings. The molecule has 0 saturated heterocycles. The van der Waals surface area contributed by atoms with Gasteiger partial charge in [-0.3, -0.25) is 4.31 Å². The molecule has 17 heavy (non-hydrogen) atoms.